The molecule has 1 unspecified atom stereocenters. The summed E-state index contributed by atoms with van der Waals surface area (Å²) in [6, 6.07) is 6.28. The van der Waals surface area contributed by atoms with E-state index in [-0.39, 0.29) is 6.04 Å². The molecule has 4 nitrogen and oxygen atoms in total. The van der Waals surface area contributed by atoms with Gasteiger partial charge >= 0.3 is 0 Å². The quantitative estimate of drug-likeness (QED) is 0.947. The first-order chi connectivity index (χ1) is 9.99. The summed E-state index contributed by atoms with van der Waals surface area (Å²) in [5.74, 6) is 0. The van der Waals surface area contributed by atoms with E-state index in [0.717, 1.165) is 18.5 Å². The summed E-state index contributed by atoms with van der Waals surface area (Å²) in [6.45, 7) is 5.08. The van der Waals surface area contributed by atoms with Gasteiger partial charge in [-0.05, 0) is 37.5 Å². The largest absolute Gasteiger partial charge is 0.382 e. The van der Waals surface area contributed by atoms with Crippen molar-refractivity contribution in [1.29, 1.82) is 0 Å². The molecule has 1 atom stereocenters. The molecule has 1 aliphatic heterocycles. The minimum atomic E-state index is -0.751. The van der Waals surface area contributed by atoms with Crippen LogP contribution >= 0.6 is 11.6 Å². The predicted octanol–water partition coefficient (Wildman–Crippen LogP) is 3.19. The number of nitrogens with zero attached hydrogens (tertiary/aromatic N) is 3. The van der Waals surface area contributed by atoms with Crippen LogP contribution in [0.5, 0.6) is 0 Å². The first-order valence-corrected chi connectivity index (χ1v) is 7.61. The SMILES string of the molecule is CC(C)n1ncc(Cl)c1C(O)c1ccc2c(c1)CCN2C. The van der Waals surface area contributed by atoms with Crippen molar-refractivity contribution in [2.45, 2.75) is 32.4 Å². The molecule has 2 heterocycles. The summed E-state index contributed by atoms with van der Waals surface area (Å²) < 4.78 is 1.78. The summed E-state index contributed by atoms with van der Waals surface area (Å²) in [5.41, 5.74) is 4.06. The number of likely N-dealkylation sites (N-methyl/N-ethyl adjacent to an activating group) is 1. The number of aliphatic hydroxyl groups excluding tert-OH is 1. The van der Waals surface area contributed by atoms with Crippen molar-refractivity contribution in [3.8, 4) is 0 Å². The Balaban J connectivity index is 2.00. The van der Waals surface area contributed by atoms with Crippen molar-refractivity contribution in [2.75, 3.05) is 18.5 Å². The maximum atomic E-state index is 10.7. The van der Waals surface area contributed by atoms with Gasteiger partial charge in [-0.3, -0.25) is 4.68 Å². The number of aromatic nitrogens is 2. The van der Waals surface area contributed by atoms with Crippen LogP contribution in [0.1, 0.15) is 42.8 Å². The topological polar surface area (TPSA) is 41.3 Å². The average molecular weight is 306 g/mol. The predicted molar refractivity (Wildman–Crippen MR) is 85.1 cm³/mol. The van der Waals surface area contributed by atoms with E-state index >= 15 is 0 Å². The summed E-state index contributed by atoms with van der Waals surface area (Å²) in [5, 5.41) is 15.5. The lowest BCUT2D eigenvalue weighted by molar-refractivity contribution is 0.205. The molecular weight excluding hydrogens is 286 g/mol. The van der Waals surface area contributed by atoms with Gasteiger partial charge in [-0.25, -0.2) is 0 Å². The van der Waals surface area contributed by atoms with Gasteiger partial charge in [0.2, 0.25) is 0 Å². The minimum Gasteiger partial charge on any atom is -0.382 e. The molecule has 0 aliphatic carbocycles. The van der Waals surface area contributed by atoms with Crippen molar-refractivity contribution in [1.82, 2.24) is 9.78 Å². The fourth-order valence-corrected chi connectivity index (χ4v) is 3.17. The highest BCUT2D eigenvalue weighted by molar-refractivity contribution is 6.31. The summed E-state index contributed by atoms with van der Waals surface area (Å²) in [7, 11) is 2.09. The van der Waals surface area contributed by atoms with Crippen LogP contribution in [0.3, 0.4) is 0 Å². The van der Waals surface area contributed by atoms with E-state index in [9.17, 15) is 5.11 Å². The van der Waals surface area contributed by atoms with E-state index in [4.69, 9.17) is 11.6 Å². The van der Waals surface area contributed by atoms with Gasteiger partial charge in [0.05, 0.1) is 16.9 Å². The van der Waals surface area contributed by atoms with Crippen LogP contribution in [-0.4, -0.2) is 28.5 Å². The molecule has 0 fully saturated rings. The Morgan fingerprint density at radius 2 is 2.10 bits per heavy atom. The third kappa shape index (κ3) is 2.43. The van der Waals surface area contributed by atoms with Gasteiger partial charge in [-0.1, -0.05) is 23.7 Å². The highest BCUT2D eigenvalue weighted by Gasteiger charge is 2.23. The second-order valence-electron chi connectivity index (χ2n) is 5.88. The number of benzene rings is 1. The zero-order valence-corrected chi connectivity index (χ0v) is 13.3. The van der Waals surface area contributed by atoms with Gasteiger partial charge in [0, 0.05) is 25.3 Å². The van der Waals surface area contributed by atoms with E-state index < -0.39 is 6.10 Å². The zero-order chi connectivity index (χ0) is 15.1. The molecule has 5 heteroatoms. The molecular formula is C16H20ClN3O. The Bertz CT molecular complexity index is 666. The maximum absolute atomic E-state index is 10.7. The molecule has 1 aliphatic rings. The Morgan fingerprint density at radius 3 is 2.81 bits per heavy atom. The second kappa shape index (κ2) is 5.35. The molecule has 0 saturated heterocycles. The first-order valence-electron chi connectivity index (χ1n) is 7.24. The number of halogens is 1. The van der Waals surface area contributed by atoms with Crippen LogP contribution < -0.4 is 4.90 Å². The summed E-state index contributed by atoms with van der Waals surface area (Å²) >= 11 is 6.22. The molecule has 21 heavy (non-hydrogen) atoms. The lowest BCUT2D eigenvalue weighted by Crippen LogP contribution is -2.13. The number of hydrogen-bond donors (Lipinski definition) is 1. The van der Waals surface area contributed by atoms with E-state index in [1.54, 1.807) is 10.9 Å². The van der Waals surface area contributed by atoms with Gasteiger partial charge in [0.25, 0.3) is 0 Å². The third-order valence-corrected chi connectivity index (χ3v) is 4.37. The minimum absolute atomic E-state index is 0.155. The normalized spacial score (nSPS) is 15.6. The van der Waals surface area contributed by atoms with Crippen molar-refractivity contribution >= 4 is 17.3 Å². The van der Waals surface area contributed by atoms with Crippen LogP contribution in [0.4, 0.5) is 5.69 Å². The molecule has 3 rings (SSSR count). The van der Waals surface area contributed by atoms with Gasteiger partial charge in [-0.15, -0.1) is 0 Å². The molecule has 1 aromatic carbocycles. The number of rotatable bonds is 3. The van der Waals surface area contributed by atoms with Crippen molar-refractivity contribution in [3.63, 3.8) is 0 Å². The van der Waals surface area contributed by atoms with Crippen LogP contribution in [0.15, 0.2) is 24.4 Å². The average Bonchev–Trinajstić information content (AvgIpc) is 3.01. The zero-order valence-electron chi connectivity index (χ0n) is 12.5. The smallest absolute Gasteiger partial charge is 0.122 e. The lowest BCUT2D eigenvalue weighted by atomic mass is 10.0. The summed E-state index contributed by atoms with van der Waals surface area (Å²) in [4.78, 5) is 2.23. The first kappa shape index (κ1) is 14.4. The van der Waals surface area contributed by atoms with Gasteiger partial charge in [0.1, 0.15) is 6.10 Å². The van der Waals surface area contributed by atoms with Crippen molar-refractivity contribution < 1.29 is 5.11 Å². The molecule has 2 aromatic rings. The van der Waals surface area contributed by atoms with Crippen molar-refractivity contribution in [2.24, 2.45) is 0 Å². The van der Waals surface area contributed by atoms with E-state index in [1.165, 1.54) is 11.3 Å². The van der Waals surface area contributed by atoms with Gasteiger partial charge in [0.15, 0.2) is 0 Å². The molecule has 1 N–H and O–H groups in total. The second-order valence-corrected chi connectivity index (χ2v) is 6.29. The number of fused-ring (bicyclic) bond motifs is 1. The number of hydrogen-bond acceptors (Lipinski definition) is 3. The van der Waals surface area contributed by atoms with Crippen LogP contribution in [0.2, 0.25) is 5.02 Å². The molecule has 0 saturated carbocycles. The highest BCUT2D eigenvalue weighted by atomic mass is 35.5. The van der Waals surface area contributed by atoms with Crippen molar-refractivity contribution in [3.05, 3.63) is 46.2 Å². The van der Waals surface area contributed by atoms with E-state index in [1.807, 2.05) is 19.9 Å². The molecule has 0 bridgehead atoms. The van der Waals surface area contributed by atoms with E-state index in [0.29, 0.717) is 10.7 Å². The fourth-order valence-electron chi connectivity index (χ4n) is 2.93. The Kier molecular flexibility index (Phi) is 3.68. The Labute approximate surface area is 130 Å². The number of aliphatic hydroxyl groups is 1. The molecule has 0 spiro atoms. The third-order valence-electron chi connectivity index (χ3n) is 4.08. The fraction of sp³-hybridized carbons (Fsp3) is 0.438. The molecule has 0 radical (unpaired) electrons. The maximum Gasteiger partial charge on any atom is 0.122 e. The van der Waals surface area contributed by atoms with Gasteiger partial charge < -0.3 is 10.0 Å². The van der Waals surface area contributed by atoms with Crippen LogP contribution in [-0.2, 0) is 6.42 Å². The standard InChI is InChI=1S/C16H20ClN3O/c1-10(2)20-15(13(17)9-18-20)16(21)12-4-5-14-11(8-12)6-7-19(14)3/h4-5,8-10,16,21H,6-7H2,1-3H3. The molecule has 0 amide bonds. The van der Waals surface area contributed by atoms with Crippen LogP contribution in [0.25, 0.3) is 0 Å². The monoisotopic (exact) mass is 305 g/mol. The van der Waals surface area contributed by atoms with E-state index in [2.05, 4.69) is 29.2 Å². The van der Waals surface area contributed by atoms with Gasteiger partial charge in [-0.2, -0.15) is 5.10 Å². The summed E-state index contributed by atoms with van der Waals surface area (Å²) in [6.07, 6.45) is 1.86. The molecule has 1 aromatic heterocycles. The number of anilines is 1. The lowest BCUT2D eigenvalue weighted by Gasteiger charge is -2.18. The Morgan fingerprint density at radius 1 is 1.33 bits per heavy atom. The van der Waals surface area contributed by atoms with Crippen LogP contribution in [0, 0.1) is 0 Å². The highest BCUT2D eigenvalue weighted by Crippen LogP contribution is 2.34. The molecule has 112 valence electrons. The Hall–Kier alpha value is -1.52.